The number of carboxylic acid groups (broad SMARTS) is 1. The molecule has 2 rings (SSSR count). The summed E-state index contributed by atoms with van der Waals surface area (Å²) >= 11 is 11.9. The highest BCUT2D eigenvalue weighted by Crippen LogP contribution is 2.23. The minimum atomic E-state index is -0.726. The SMILES string of the molecule is O=C(CCN1CCC(C(=O)O)CC1)c1cc(Cl)ccc1Cl. The molecule has 0 amide bonds. The fourth-order valence-electron chi connectivity index (χ4n) is 2.51. The van der Waals surface area contributed by atoms with E-state index in [0.717, 1.165) is 0 Å². The molecule has 4 nitrogen and oxygen atoms in total. The molecule has 1 heterocycles. The molecule has 6 heteroatoms. The van der Waals surface area contributed by atoms with Crippen LogP contribution in [0.4, 0.5) is 0 Å². The van der Waals surface area contributed by atoms with Gasteiger partial charge in [0.2, 0.25) is 0 Å². The molecule has 0 aromatic heterocycles. The molecule has 0 radical (unpaired) electrons. The van der Waals surface area contributed by atoms with E-state index in [4.69, 9.17) is 28.3 Å². The van der Waals surface area contributed by atoms with Crippen molar-refractivity contribution in [2.75, 3.05) is 19.6 Å². The van der Waals surface area contributed by atoms with Gasteiger partial charge in [0.15, 0.2) is 5.78 Å². The van der Waals surface area contributed by atoms with Gasteiger partial charge in [0.25, 0.3) is 0 Å². The van der Waals surface area contributed by atoms with E-state index in [1.807, 2.05) is 0 Å². The second-order valence-corrected chi connectivity index (χ2v) is 6.10. The van der Waals surface area contributed by atoms with E-state index in [1.54, 1.807) is 18.2 Å². The van der Waals surface area contributed by atoms with Crippen LogP contribution in [0.15, 0.2) is 18.2 Å². The lowest BCUT2D eigenvalue weighted by Gasteiger charge is -2.29. The summed E-state index contributed by atoms with van der Waals surface area (Å²) in [7, 11) is 0. The lowest BCUT2D eigenvalue weighted by Crippen LogP contribution is -2.37. The number of piperidine rings is 1. The minimum Gasteiger partial charge on any atom is -0.481 e. The smallest absolute Gasteiger partial charge is 0.306 e. The van der Waals surface area contributed by atoms with E-state index in [-0.39, 0.29) is 11.7 Å². The van der Waals surface area contributed by atoms with Gasteiger partial charge in [0, 0.05) is 23.6 Å². The van der Waals surface area contributed by atoms with Gasteiger partial charge in [-0.05, 0) is 44.1 Å². The van der Waals surface area contributed by atoms with E-state index < -0.39 is 5.97 Å². The summed E-state index contributed by atoms with van der Waals surface area (Å²) in [5.74, 6) is -1.02. The molecule has 21 heavy (non-hydrogen) atoms. The molecule has 1 aliphatic rings. The Morgan fingerprint density at radius 3 is 2.52 bits per heavy atom. The second kappa shape index (κ2) is 7.25. The summed E-state index contributed by atoms with van der Waals surface area (Å²) in [6.45, 7) is 2.05. The quantitative estimate of drug-likeness (QED) is 0.841. The Kier molecular flexibility index (Phi) is 5.62. The highest BCUT2D eigenvalue weighted by atomic mass is 35.5. The van der Waals surface area contributed by atoms with Gasteiger partial charge >= 0.3 is 5.97 Å². The zero-order valence-corrected chi connectivity index (χ0v) is 13.0. The number of likely N-dealkylation sites (tertiary alicyclic amines) is 1. The zero-order chi connectivity index (χ0) is 15.4. The molecule has 1 aromatic carbocycles. The normalized spacial score (nSPS) is 16.9. The Hall–Kier alpha value is -1.10. The molecule has 0 saturated carbocycles. The van der Waals surface area contributed by atoms with Crippen molar-refractivity contribution in [2.45, 2.75) is 19.3 Å². The Balaban J connectivity index is 1.85. The van der Waals surface area contributed by atoms with Crippen molar-refractivity contribution >= 4 is 35.0 Å². The third-order valence-electron chi connectivity index (χ3n) is 3.82. The Morgan fingerprint density at radius 2 is 1.90 bits per heavy atom. The predicted octanol–water partition coefficient (Wildman–Crippen LogP) is 3.36. The van der Waals surface area contributed by atoms with E-state index in [1.165, 1.54) is 0 Å². The monoisotopic (exact) mass is 329 g/mol. The van der Waals surface area contributed by atoms with Crippen LogP contribution >= 0.6 is 23.2 Å². The molecular weight excluding hydrogens is 313 g/mol. The number of hydrogen-bond donors (Lipinski definition) is 1. The van der Waals surface area contributed by atoms with Gasteiger partial charge in [-0.25, -0.2) is 0 Å². The van der Waals surface area contributed by atoms with Gasteiger partial charge in [0.1, 0.15) is 0 Å². The fraction of sp³-hybridized carbons (Fsp3) is 0.467. The number of Topliss-reactive ketones (excluding diaryl/α,β-unsaturated/α-hetero) is 1. The van der Waals surface area contributed by atoms with Gasteiger partial charge in [-0.3, -0.25) is 9.59 Å². The van der Waals surface area contributed by atoms with Gasteiger partial charge in [0.05, 0.1) is 10.9 Å². The number of benzene rings is 1. The highest BCUT2D eigenvalue weighted by Gasteiger charge is 2.24. The third-order valence-corrected chi connectivity index (χ3v) is 4.39. The van der Waals surface area contributed by atoms with Crippen molar-refractivity contribution in [1.29, 1.82) is 0 Å². The summed E-state index contributed by atoms with van der Waals surface area (Å²) in [6.07, 6.45) is 1.64. The first-order chi connectivity index (χ1) is 9.97. The molecule has 1 saturated heterocycles. The summed E-state index contributed by atoms with van der Waals surface area (Å²) in [4.78, 5) is 25.2. The lowest BCUT2D eigenvalue weighted by atomic mass is 9.97. The molecule has 1 fully saturated rings. The number of ketones is 1. The molecule has 0 aliphatic carbocycles. The second-order valence-electron chi connectivity index (χ2n) is 5.25. The minimum absolute atomic E-state index is 0.0390. The van der Waals surface area contributed by atoms with Crippen molar-refractivity contribution in [3.63, 3.8) is 0 Å². The van der Waals surface area contributed by atoms with Crippen LogP contribution in [0.25, 0.3) is 0 Å². The molecule has 1 aliphatic heterocycles. The Labute approximate surface area is 133 Å². The molecule has 0 spiro atoms. The number of halogens is 2. The molecule has 1 N–H and O–H groups in total. The average Bonchev–Trinajstić information content (AvgIpc) is 2.47. The first-order valence-corrected chi connectivity index (χ1v) is 7.66. The summed E-state index contributed by atoms with van der Waals surface area (Å²) in [5.41, 5.74) is 0.449. The van der Waals surface area contributed by atoms with E-state index in [2.05, 4.69) is 4.90 Å². The average molecular weight is 330 g/mol. The summed E-state index contributed by atoms with van der Waals surface area (Å²) in [5, 5.41) is 9.85. The molecular formula is C15H17Cl2NO3. The maximum Gasteiger partial charge on any atom is 0.306 e. The molecule has 1 aromatic rings. The highest BCUT2D eigenvalue weighted by molar-refractivity contribution is 6.35. The lowest BCUT2D eigenvalue weighted by molar-refractivity contribution is -0.143. The van der Waals surface area contributed by atoms with Crippen LogP contribution < -0.4 is 0 Å². The van der Waals surface area contributed by atoms with Crippen LogP contribution in [0, 0.1) is 5.92 Å². The van der Waals surface area contributed by atoms with Crippen LogP contribution in [0.3, 0.4) is 0 Å². The van der Waals surface area contributed by atoms with Crippen molar-refractivity contribution in [1.82, 2.24) is 4.90 Å². The molecule has 0 unspecified atom stereocenters. The third kappa shape index (κ3) is 4.43. The number of carbonyl (C=O) groups is 2. The summed E-state index contributed by atoms with van der Waals surface area (Å²) in [6, 6.07) is 4.86. The predicted molar refractivity (Wildman–Crippen MR) is 82.2 cm³/mol. The van der Waals surface area contributed by atoms with E-state index >= 15 is 0 Å². The fourth-order valence-corrected chi connectivity index (χ4v) is 2.90. The number of nitrogens with zero attached hydrogens (tertiary/aromatic N) is 1. The van der Waals surface area contributed by atoms with Gasteiger partial charge in [-0.1, -0.05) is 23.2 Å². The summed E-state index contributed by atoms with van der Waals surface area (Å²) < 4.78 is 0. The molecule has 0 atom stereocenters. The van der Waals surface area contributed by atoms with Crippen molar-refractivity contribution in [3.05, 3.63) is 33.8 Å². The van der Waals surface area contributed by atoms with Crippen LogP contribution in [0.1, 0.15) is 29.6 Å². The van der Waals surface area contributed by atoms with Crippen LogP contribution in [-0.4, -0.2) is 41.4 Å². The number of carbonyl (C=O) groups excluding carboxylic acids is 1. The molecule has 114 valence electrons. The maximum atomic E-state index is 12.2. The van der Waals surface area contributed by atoms with Crippen LogP contribution in [0.2, 0.25) is 10.0 Å². The Morgan fingerprint density at radius 1 is 1.24 bits per heavy atom. The molecule has 0 bridgehead atoms. The number of aliphatic carboxylic acids is 1. The van der Waals surface area contributed by atoms with Crippen molar-refractivity contribution in [2.24, 2.45) is 5.92 Å². The van der Waals surface area contributed by atoms with Crippen LogP contribution in [0.5, 0.6) is 0 Å². The van der Waals surface area contributed by atoms with E-state index in [0.29, 0.717) is 54.5 Å². The van der Waals surface area contributed by atoms with E-state index in [9.17, 15) is 9.59 Å². The van der Waals surface area contributed by atoms with Crippen molar-refractivity contribution < 1.29 is 14.7 Å². The standard InChI is InChI=1S/C15H17Cl2NO3/c16-11-1-2-13(17)12(9-11)14(19)5-8-18-6-3-10(4-7-18)15(20)21/h1-2,9-10H,3-8H2,(H,20,21). The largest absolute Gasteiger partial charge is 0.481 e. The van der Waals surface area contributed by atoms with Gasteiger partial charge < -0.3 is 10.0 Å². The number of carboxylic acids is 1. The number of hydrogen-bond acceptors (Lipinski definition) is 3. The topological polar surface area (TPSA) is 57.6 Å². The first kappa shape index (κ1) is 16.3. The first-order valence-electron chi connectivity index (χ1n) is 6.91. The van der Waals surface area contributed by atoms with Crippen molar-refractivity contribution in [3.8, 4) is 0 Å². The zero-order valence-electron chi connectivity index (χ0n) is 11.5. The van der Waals surface area contributed by atoms with Gasteiger partial charge in [-0.2, -0.15) is 0 Å². The Bertz CT molecular complexity index is 540. The maximum absolute atomic E-state index is 12.2. The van der Waals surface area contributed by atoms with Gasteiger partial charge in [-0.15, -0.1) is 0 Å². The number of rotatable bonds is 5. The van der Waals surface area contributed by atoms with Crippen LogP contribution in [-0.2, 0) is 4.79 Å².